The number of hydrogen-bond donors (Lipinski definition) is 1. The highest BCUT2D eigenvalue weighted by Crippen LogP contribution is 2.23. The average molecular weight is 305 g/mol. The van der Waals surface area contributed by atoms with Crippen molar-refractivity contribution in [2.24, 2.45) is 0 Å². The second-order valence-corrected chi connectivity index (χ2v) is 6.57. The second-order valence-electron chi connectivity index (χ2n) is 6.30. The van der Waals surface area contributed by atoms with Gasteiger partial charge in [-0.05, 0) is 46.5 Å². The summed E-state index contributed by atoms with van der Waals surface area (Å²) in [5.74, 6) is -0.131. The van der Waals surface area contributed by atoms with E-state index in [0.717, 1.165) is 25.7 Å². The summed E-state index contributed by atoms with van der Waals surface area (Å²) in [4.78, 5) is 24.9. The van der Waals surface area contributed by atoms with Crippen LogP contribution in [0.2, 0.25) is 0 Å². The molecule has 2 amide bonds. The first-order valence-electron chi connectivity index (χ1n) is 7.04. The van der Waals surface area contributed by atoms with E-state index in [0.29, 0.717) is 0 Å². The molecule has 0 heterocycles. The molecule has 0 radical (unpaired) electrons. The molecular formula is C14H25ClN2O3. The van der Waals surface area contributed by atoms with Gasteiger partial charge in [-0.3, -0.25) is 4.79 Å². The quantitative estimate of drug-likeness (QED) is 0.815. The van der Waals surface area contributed by atoms with Crippen molar-refractivity contribution in [1.82, 2.24) is 10.2 Å². The minimum absolute atomic E-state index is 0.00224. The average Bonchev–Trinajstić information content (AvgIpc) is 2.36. The zero-order valence-electron chi connectivity index (χ0n) is 12.7. The third-order valence-corrected chi connectivity index (χ3v) is 3.66. The number of nitrogens with one attached hydrogen (secondary N) is 1. The van der Waals surface area contributed by atoms with Gasteiger partial charge in [0, 0.05) is 19.1 Å². The molecule has 0 atom stereocenters. The fourth-order valence-corrected chi connectivity index (χ4v) is 2.43. The van der Waals surface area contributed by atoms with E-state index < -0.39 is 5.60 Å². The Hall–Kier alpha value is -0.970. The van der Waals surface area contributed by atoms with E-state index in [-0.39, 0.29) is 30.0 Å². The van der Waals surface area contributed by atoms with Gasteiger partial charge < -0.3 is 15.0 Å². The SMILES string of the molecule is CN(C(=O)OC(C)(C)C)C1CCC(NC(=O)CCl)CC1. The number of ether oxygens (including phenoxy) is 1. The van der Waals surface area contributed by atoms with Crippen molar-refractivity contribution in [1.29, 1.82) is 0 Å². The Balaban J connectivity index is 2.41. The van der Waals surface area contributed by atoms with Crippen LogP contribution in [-0.4, -0.2) is 47.5 Å². The van der Waals surface area contributed by atoms with Crippen molar-refractivity contribution in [2.75, 3.05) is 12.9 Å². The summed E-state index contributed by atoms with van der Waals surface area (Å²) in [5.41, 5.74) is -0.475. The molecule has 0 aromatic carbocycles. The van der Waals surface area contributed by atoms with Gasteiger partial charge in [-0.15, -0.1) is 11.6 Å². The number of carbonyl (C=O) groups excluding carboxylic acids is 2. The van der Waals surface area contributed by atoms with Gasteiger partial charge in [-0.1, -0.05) is 0 Å². The van der Waals surface area contributed by atoms with E-state index in [1.165, 1.54) is 0 Å². The lowest BCUT2D eigenvalue weighted by atomic mass is 9.90. The highest BCUT2D eigenvalue weighted by molar-refractivity contribution is 6.27. The fourth-order valence-electron chi connectivity index (χ4n) is 2.36. The van der Waals surface area contributed by atoms with Gasteiger partial charge in [-0.2, -0.15) is 0 Å². The fraction of sp³-hybridized carbons (Fsp3) is 0.857. The molecule has 1 rings (SSSR count). The first-order valence-corrected chi connectivity index (χ1v) is 7.57. The highest BCUT2D eigenvalue weighted by atomic mass is 35.5. The van der Waals surface area contributed by atoms with Crippen LogP contribution in [0.5, 0.6) is 0 Å². The normalized spacial score (nSPS) is 23.1. The molecule has 0 spiro atoms. The van der Waals surface area contributed by atoms with Crippen molar-refractivity contribution < 1.29 is 14.3 Å². The van der Waals surface area contributed by atoms with Crippen molar-refractivity contribution in [2.45, 2.75) is 64.1 Å². The van der Waals surface area contributed by atoms with Crippen LogP contribution < -0.4 is 5.32 Å². The van der Waals surface area contributed by atoms with Gasteiger partial charge in [0.25, 0.3) is 0 Å². The summed E-state index contributed by atoms with van der Waals surface area (Å²) in [5, 5.41) is 2.89. The molecule has 1 aliphatic rings. The molecule has 0 aliphatic heterocycles. The third-order valence-electron chi connectivity index (χ3n) is 3.41. The first kappa shape index (κ1) is 17.1. The molecule has 1 N–H and O–H groups in total. The molecule has 0 aromatic rings. The molecular weight excluding hydrogens is 280 g/mol. The molecule has 1 saturated carbocycles. The monoisotopic (exact) mass is 304 g/mol. The second kappa shape index (κ2) is 7.16. The van der Waals surface area contributed by atoms with Gasteiger partial charge in [-0.25, -0.2) is 4.79 Å². The summed E-state index contributed by atoms with van der Waals surface area (Å²) < 4.78 is 5.36. The van der Waals surface area contributed by atoms with Gasteiger partial charge in [0.05, 0.1) is 0 Å². The van der Waals surface area contributed by atoms with E-state index in [4.69, 9.17) is 16.3 Å². The lowest BCUT2D eigenvalue weighted by Gasteiger charge is -2.35. The number of rotatable bonds is 3. The minimum Gasteiger partial charge on any atom is -0.444 e. The van der Waals surface area contributed by atoms with Crippen LogP contribution in [0.4, 0.5) is 4.79 Å². The summed E-state index contributed by atoms with van der Waals surface area (Å²) in [6.45, 7) is 5.58. The number of amides is 2. The molecule has 1 fully saturated rings. The number of halogens is 1. The molecule has 0 saturated heterocycles. The minimum atomic E-state index is -0.475. The lowest BCUT2D eigenvalue weighted by Crippen LogP contribution is -2.46. The van der Waals surface area contributed by atoms with Crippen LogP contribution in [0.25, 0.3) is 0 Å². The van der Waals surface area contributed by atoms with Crippen LogP contribution in [0.1, 0.15) is 46.5 Å². The number of nitrogens with zero attached hydrogens (tertiary/aromatic N) is 1. The Morgan fingerprint density at radius 1 is 1.25 bits per heavy atom. The van der Waals surface area contributed by atoms with Gasteiger partial charge >= 0.3 is 6.09 Å². The first-order chi connectivity index (χ1) is 9.23. The van der Waals surface area contributed by atoms with Gasteiger partial charge in [0.15, 0.2) is 0 Å². The van der Waals surface area contributed by atoms with Crippen LogP contribution in [0, 0.1) is 0 Å². The van der Waals surface area contributed by atoms with Crippen LogP contribution in [0.3, 0.4) is 0 Å². The molecule has 6 heteroatoms. The summed E-state index contributed by atoms with van der Waals surface area (Å²) >= 11 is 5.47. The zero-order valence-corrected chi connectivity index (χ0v) is 13.5. The molecule has 20 heavy (non-hydrogen) atoms. The molecule has 116 valence electrons. The Morgan fingerprint density at radius 2 is 1.80 bits per heavy atom. The largest absolute Gasteiger partial charge is 0.444 e. The summed E-state index contributed by atoms with van der Waals surface area (Å²) in [7, 11) is 1.77. The van der Waals surface area contributed by atoms with Crippen LogP contribution >= 0.6 is 11.6 Å². The van der Waals surface area contributed by atoms with Crippen molar-refractivity contribution >= 4 is 23.6 Å². The molecule has 0 aromatic heterocycles. The Morgan fingerprint density at radius 3 is 2.25 bits per heavy atom. The van der Waals surface area contributed by atoms with Gasteiger partial charge in [0.1, 0.15) is 11.5 Å². The standard InChI is InChI=1S/C14H25ClN2O3/c1-14(2,3)20-13(19)17(4)11-7-5-10(6-8-11)16-12(18)9-15/h10-11H,5-9H2,1-4H3,(H,16,18). The number of hydrogen-bond acceptors (Lipinski definition) is 3. The maximum absolute atomic E-state index is 12.0. The molecule has 1 aliphatic carbocycles. The predicted octanol–water partition coefficient (Wildman–Crippen LogP) is 2.52. The summed E-state index contributed by atoms with van der Waals surface area (Å²) in [6.07, 6.45) is 3.16. The lowest BCUT2D eigenvalue weighted by molar-refractivity contribution is -0.119. The maximum atomic E-state index is 12.0. The van der Waals surface area contributed by atoms with Crippen molar-refractivity contribution in [3.05, 3.63) is 0 Å². The van der Waals surface area contributed by atoms with Crippen molar-refractivity contribution in [3.8, 4) is 0 Å². The van der Waals surface area contributed by atoms with Crippen LogP contribution in [-0.2, 0) is 9.53 Å². The molecule has 0 bridgehead atoms. The zero-order chi connectivity index (χ0) is 15.3. The topological polar surface area (TPSA) is 58.6 Å². The Bertz CT molecular complexity index is 347. The smallest absolute Gasteiger partial charge is 0.410 e. The summed E-state index contributed by atoms with van der Waals surface area (Å²) in [6, 6.07) is 0.346. The van der Waals surface area contributed by atoms with Gasteiger partial charge in [0.2, 0.25) is 5.91 Å². The van der Waals surface area contributed by atoms with Crippen LogP contribution in [0.15, 0.2) is 0 Å². The number of alkyl halides is 1. The third kappa shape index (κ3) is 5.57. The Labute approximate surface area is 126 Å². The van der Waals surface area contributed by atoms with E-state index in [1.807, 2.05) is 20.8 Å². The number of carbonyl (C=O) groups is 2. The Kier molecular flexibility index (Phi) is 6.11. The van der Waals surface area contributed by atoms with E-state index in [1.54, 1.807) is 11.9 Å². The molecule has 5 nitrogen and oxygen atoms in total. The van der Waals surface area contributed by atoms with Crippen molar-refractivity contribution in [3.63, 3.8) is 0 Å². The van der Waals surface area contributed by atoms with E-state index in [9.17, 15) is 9.59 Å². The maximum Gasteiger partial charge on any atom is 0.410 e. The van der Waals surface area contributed by atoms with E-state index in [2.05, 4.69) is 5.32 Å². The van der Waals surface area contributed by atoms with E-state index >= 15 is 0 Å². The predicted molar refractivity (Wildman–Crippen MR) is 78.9 cm³/mol. The molecule has 0 unspecified atom stereocenters. The highest BCUT2D eigenvalue weighted by Gasteiger charge is 2.29.